The molecule has 0 heterocycles. The van der Waals surface area contributed by atoms with Crippen molar-refractivity contribution in [1.29, 1.82) is 0 Å². The number of hydrogen-bond acceptors (Lipinski definition) is 4. The van der Waals surface area contributed by atoms with Crippen LogP contribution in [0.4, 0.5) is 5.69 Å². The molecule has 0 spiro atoms. The normalized spacial score (nSPS) is 11.1. The second-order valence-electron chi connectivity index (χ2n) is 5.94. The third-order valence-electron chi connectivity index (χ3n) is 3.91. The van der Waals surface area contributed by atoms with Crippen molar-refractivity contribution < 1.29 is 14.9 Å². The summed E-state index contributed by atoms with van der Waals surface area (Å²) in [6.45, 7) is 0.295. The molecule has 0 aromatic heterocycles. The Kier molecular flexibility index (Phi) is 7.64. The molecule has 2 aromatic rings. The maximum atomic E-state index is 12.9. The Bertz CT molecular complexity index is 822. The lowest BCUT2D eigenvalue weighted by atomic mass is 10.1. The van der Waals surface area contributed by atoms with Crippen molar-refractivity contribution in [3.63, 3.8) is 0 Å². The zero-order valence-electron chi connectivity index (χ0n) is 15.2. The van der Waals surface area contributed by atoms with Crippen LogP contribution in [0.25, 0.3) is 0 Å². The molecule has 9 heteroatoms. The van der Waals surface area contributed by atoms with Gasteiger partial charge in [-0.25, -0.2) is 0 Å². The van der Waals surface area contributed by atoms with Crippen LogP contribution in [-0.4, -0.2) is 30.4 Å². The lowest BCUT2D eigenvalue weighted by molar-refractivity contribution is -0.484. The quantitative estimate of drug-likeness (QED) is 0.202. The number of carbonyl (C=O) groups excluding carboxylic acids is 2. The van der Waals surface area contributed by atoms with E-state index in [1.165, 1.54) is 0 Å². The van der Waals surface area contributed by atoms with Crippen LogP contribution in [0.2, 0.25) is 0 Å². The highest BCUT2D eigenvalue weighted by Crippen LogP contribution is 2.12. The minimum atomic E-state index is -0.941. The predicted octanol–water partition coefficient (Wildman–Crippen LogP) is -0.366. The van der Waals surface area contributed by atoms with Crippen LogP contribution in [-0.2, 0) is 4.79 Å². The molecule has 2 rings (SSSR count). The van der Waals surface area contributed by atoms with Gasteiger partial charge in [-0.05, 0) is 42.1 Å². The van der Waals surface area contributed by atoms with Gasteiger partial charge in [0.2, 0.25) is 0 Å². The van der Waals surface area contributed by atoms with Gasteiger partial charge in [0, 0.05) is 17.0 Å². The number of nitrogens with zero attached hydrogens (tertiary/aromatic N) is 2. The van der Waals surface area contributed by atoms with Crippen LogP contribution < -0.4 is 27.1 Å². The van der Waals surface area contributed by atoms with Gasteiger partial charge in [-0.15, -0.1) is 0 Å². The molecule has 0 bridgehead atoms. The van der Waals surface area contributed by atoms with Gasteiger partial charge in [0.25, 0.3) is 5.91 Å². The minimum Gasteiger partial charge on any atom is -0.370 e. The third kappa shape index (κ3) is 5.90. The molecule has 0 unspecified atom stereocenters. The molecule has 0 saturated carbocycles. The molecular formula is C19H23N6O3+. The number of hydrazine groups is 1. The molecule has 1 atom stereocenters. The van der Waals surface area contributed by atoms with Crippen LogP contribution in [0.15, 0.2) is 65.7 Å². The van der Waals surface area contributed by atoms with E-state index in [2.05, 4.69) is 10.3 Å². The van der Waals surface area contributed by atoms with Crippen LogP contribution >= 0.6 is 0 Å². The Hall–Kier alpha value is -3.75. The fraction of sp³-hybridized carbons (Fsp3) is 0.211. The van der Waals surface area contributed by atoms with E-state index in [0.29, 0.717) is 24.2 Å². The van der Waals surface area contributed by atoms with Crippen molar-refractivity contribution in [3.8, 4) is 0 Å². The summed E-state index contributed by atoms with van der Waals surface area (Å²) in [4.78, 5) is 40.7. The first-order valence-electron chi connectivity index (χ1n) is 8.71. The van der Waals surface area contributed by atoms with Crippen LogP contribution in [0, 0.1) is 4.91 Å². The first kappa shape index (κ1) is 20.6. The highest BCUT2D eigenvalue weighted by atomic mass is 16.3. The van der Waals surface area contributed by atoms with Crippen molar-refractivity contribution in [2.75, 3.05) is 11.6 Å². The lowest BCUT2D eigenvalue weighted by Gasteiger charge is -2.19. The summed E-state index contributed by atoms with van der Waals surface area (Å²) < 4.78 is 0. The van der Waals surface area contributed by atoms with Crippen molar-refractivity contribution in [1.82, 2.24) is 5.32 Å². The summed E-state index contributed by atoms with van der Waals surface area (Å²) in [6.07, 6.45) is 0.685. The maximum Gasteiger partial charge on any atom is 0.309 e. The molecule has 146 valence electrons. The Morgan fingerprint density at radius 2 is 1.64 bits per heavy atom. The topological polar surface area (TPSA) is 145 Å². The number of carbonyl (C=O) groups is 2. The summed E-state index contributed by atoms with van der Waals surface area (Å²) in [5.74, 6) is -1.06. The van der Waals surface area contributed by atoms with Crippen molar-refractivity contribution in [2.24, 2.45) is 16.5 Å². The Balaban J connectivity index is 2.18. The molecule has 0 saturated heterocycles. The first-order chi connectivity index (χ1) is 13.5. The van der Waals surface area contributed by atoms with Gasteiger partial charge in [0.05, 0.1) is 0 Å². The van der Waals surface area contributed by atoms with E-state index < -0.39 is 17.9 Å². The number of nitrogens with two attached hydrogens (primary N) is 2. The number of nitroso groups, excluding NO2 is 1. The van der Waals surface area contributed by atoms with E-state index in [4.69, 9.17) is 11.5 Å². The number of rotatable bonds is 9. The number of aliphatic imine (C=N–C) groups is 1. The molecule has 0 fully saturated rings. The molecule has 2 amide bonds. The Morgan fingerprint density at radius 3 is 2.21 bits per heavy atom. The Labute approximate surface area is 162 Å². The summed E-state index contributed by atoms with van der Waals surface area (Å²) in [7, 11) is 0. The van der Waals surface area contributed by atoms with Gasteiger partial charge >= 0.3 is 5.91 Å². The molecule has 9 nitrogen and oxygen atoms in total. The molecule has 2 aromatic carbocycles. The maximum absolute atomic E-state index is 12.9. The first-order valence-corrected chi connectivity index (χ1v) is 8.71. The van der Waals surface area contributed by atoms with Crippen LogP contribution in [0.1, 0.15) is 23.2 Å². The number of anilines is 1. The standard InChI is InChI=1S/C19H22N6O3/c20-19(21)22-13-7-12-16(23-17(26)14-8-3-1-4-9-14)18(27)25(24-28)15-10-5-2-6-11-15/h1-6,8-11,16H,7,12-13H2,(H,23,26)(H4,20,21,22)/p+1/t16-/m0/s1. The second kappa shape index (κ2) is 10.4. The van der Waals surface area contributed by atoms with Crippen molar-refractivity contribution >= 4 is 23.5 Å². The van der Waals surface area contributed by atoms with Gasteiger partial charge in [0.1, 0.15) is 17.0 Å². The monoisotopic (exact) mass is 383 g/mol. The summed E-state index contributed by atoms with van der Waals surface area (Å²) in [5.41, 5.74) is 11.4. The van der Waals surface area contributed by atoms with Gasteiger partial charge in [-0.3, -0.25) is 14.6 Å². The fourth-order valence-electron chi connectivity index (χ4n) is 2.55. The summed E-state index contributed by atoms with van der Waals surface area (Å²) in [5, 5.41) is 5.18. The number of guanidine groups is 1. The average Bonchev–Trinajstić information content (AvgIpc) is 2.72. The van der Waals surface area contributed by atoms with Crippen LogP contribution in [0.5, 0.6) is 0 Å². The molecule has 0 aliphatic heterocycles. The molecule has 28 heavy (non-hydrogen) atoms. The lowest BCUT2D eigenvalue weighted by Crippen LogP contribution is -2.82. The van der Waals surface area contributed by atoms with E-state index in [9.17, 15) is 14.5 Å². The van der Waals surface area contributed by atoms with Crippen molar-refractivity contribution in [3.05, 3.63) is 71.1 Å². The SMILES string of the molecule is NC(N)=NCCC[C@H](NC(=O)c1ccccc1)C(=O)N([NH+]=O)c1ccccc1. The molecule has 0 radical (unpaired) electrons. The van der Waals surface area contributed by atoms with E-state index >= 15 is 0 Å². The van der Waals surface area contributed by atoms with Gasteiger partial charge < -0.3 is 16.8 Å². The van der Waals surface area contributed by atoms with Gasteiger partial charge in [-0.2, -0.15) is 0 Å². The number of amides is 2. The van der Waals surface area contributed by atoms with Gasteiger partial charge in [-0.1, -0.05) is 36.4 Å². The second-order valence-corrected chi connectivity index (χ2v) is 5.94. The number of hydrogen-bond donors (Lipinski definition) is 4. The smallest absolute Gasteiger partial charge is 0.309 e. The number of benzene rings is 2. The van der Waals surface area contributed by atoms with E-state index in [-0.39, 0.29) is 12.4 Å². The third-order valence-corrected chi connectivity index (χ3v) is 3.91. The van der Waals surface area contributed by atoms with Crippen molar-refractivity contribution in [2.45, 2.75) is 18.9 Å². The molecule has 0 aliphatic carbocycles. The molecular weight excluding hydrogens is 360 g/mol. The summed E-state index contributed by atoms with van der Waals surface area (Å²) in [6, 6.07) is 15.9. The molecule has 6 N–H and O–H groups in total. The minimum absolute atomic E-state index is 0.0525. The van der Waals surface area contributed by atoms with Gasteiger partial charge in [0.15, 0.2) is 5.96 Å². The molecule has 0 aliphatic rings. The highest BCUT2D eigenvalue weighted by molar-refractivity contribution is 6.01. The zero-order chi connectivity index (χ0) is 20.4. The largest absolute Gasteiger partial charge is 0.370 e. The predicted molar refractivity (Wildman–Crippen MR) is 106 cm³/mol. The number of nitrogens with one attached hydrogen (secondary N) is 2. The summed E-state index contributed by atoms with van der Waals surface area (Å²) >= 11 is 0. The van der Waals surface area contributed by atoms with E-state index in [1.54, 1.807) is 65.9 Å². The van der Waals surface area contributed by atoms with Crippen LogP contribution in [0.3, 0.4) is 0 Å². The number of para-hydroxylation sites is 1. The highest BCUT2D eigenvalue weighted by Gasteiger charge is 2.31. The average molecular weight is 383 g/mol. The Morgan fingerprint density at radius 1 is 1.04 bits per heavy atom. The fourth-order valence-corrected chi connectivity index (χ4v) is 2.55. The van der Waals surface area contributed by atoms with E-state index in [1.807, 2.05) is 0 Å². The van der Waals surface area contributed by atoms with E-state index in [0.717, 1.165) is 5.01 Å². The zero-order valence-corrected chi connectivity index (χ0v) is 15.2.